The van der Waals surface area contributed by atoms with Gasteiger partial charge in [-0.1, -0.05) is 0 Å². The molecule has 0 radical (unpaired) electrons. The third kappa shape index (κ3) is 5.40. The van der Waals surface area contributed by atoms with Gasteiger partial charge in [0.25, 0.3) is 5.91 Å². The molecule has 1 heterocycles. The van der Waals surface area contributed by atoms with E-state index >= 15 is 0 Å². The molecule has 166 valence electrons. The predicted octanol–water partition coefficient (Wildman–Crippen LogP) is 1.92. The van der Waals surface area contributed by atoms with Gasteiger partial charge in [-0.25, -0.2) is 26.4 Å². The average molecular weight is 458 g/mol. The maximum Gasteiger partial charge on any atom is 0.341 e. The Hall–Kier alpha value is -2.96. The first-order valence-corrected chi connectivity index (χ1v) is 10.4. The number of benzene rings is 2. The summed E-state index contributed by atoms with van der Waals surface area (Å²) in [6.07, 6.45) is 0. The smallest absolute Gasteiger partial charge is 0.341 e. The van der Waals surface area contributed by atoms with Crippen molar-refractivity contribution in [2.75, 3.05) is 38.2 Å². The molecule has 0 atom stereocenters. The summed E-state index contributed by atoms with van der Waals surface area (Å²) >= 11 is 0. The van der Waals surface area contributed by atoms with Crippen LogP contribution < -0.4 is 5.32 Å². The highest BCUT2D eigenvalue weighted by molar-refractivity contribution is 7.89. The number of morpholine rings is 1. The van der Waals surface area contributed by atoms with Gasteiger partial charge in [-0.2, -0.15) is 4.31 Å². The molecule has 1 fully saturated rings. The van der Waals surface area contributed by atoms with Crippen molar-refractivity contribution in [3.05, 3.63) is 59.4 Å². The predicted molar refractivity (Wildman–Crippen MR) is 101 cm³/mol. The SMILES string of the molecule is O=C(COC(=O)c1cc(S(=O)(=O)N2CCOCC2)ccc1F)Nc1ccc(F)cc1F. The van der Waals surface area contributed by atoms with Crippen molar-refractivity contribution in [2.45, 2.75) is 4.90 Å². The van der Waals surface area contributed by atoms with Gasteiger partial charge in [-0.15, -0.1) is 0 Å². The van der Waals surface area contributed by atoms with Crippen molar-refractivity contribution in [1.82, 2.24) is 4.31 Å². The summed E-state index contributed by atoms with van der Waals surface area (Å²) in [6, 6.07) is 5.08. The molecule has 31 heavy (non-hydrogen) atoms. The van der Waals surface area contributed by atoms with E-state index in [9.17, 15) is 31.2 Å². The van der Waals surface area contributed by atoms with E-state index in [1.54, 1.807) is 0 Å². The van der Waals surface area contributed by atoms with Gasteiger partial charge in [0.2, 0.25) is 10.0 Å². The van der Waals surface area contributed by atoms with Crippen molar-refractivity contribution < 1.29 is 40.7 Å². The molecule has 12 heteroatoms. The topological polar surface area (TPSA) is 102 Å². The van der Waals surface area contributed by atoms with Crippen LogP contribution in [0.1, 0.15) is 10.4 Å². The minimum Gasteiger partial charge on any atom is -0.452 e. The number of nitrogens with one attached hydrogen (secondary N) is 1. The van der Waals surface area contributed by atoms with Crippen LogP contribution >= 0.6 is 0 Å². The minimum absolute atomic E-state index is 0.111. The third-order valence-electron chi connectivity index (χ3n) is 4.31. The molecule has 2 aromatic carbocycles. The maximum absolute atomic E-state index is 14.1. The molecule has 1 aliphatic heterocycles. The van der Waals surface area contributed by atoms with Gasteiger partial charge in [0.1, 0.15) is 17.5 Å². The average Bonchev–Trinajstić information content (AvgIpc) is 2.75. The zero-order valence-electron chi connectivity index (χ0n) is 15.9. The highest BCUT2D eigenvalue weighted by Crippen LogP contribution is 2.21. The zero-order valence-corrected chi connectivity index (χ0v) is 16.8. The van der Waals surface area contributed by atoms with Crippen LogP contribution in [0, 0.1) is 17.5 Å². The van der Waals surface area contributed by atoms with Crippen molar-refractivity contribution in [3.8, 4) is 0 Å². The molecule has 3 rings (SSSR count). The van der Waals surface area contributed by atoms with Gasteiger partial charge in [0.15, 0.2) is 6.61 Å². The van der Waals surface area contributed by atoms with Gasteiger partial charge in [-0.3, -0.25) is 4.79 Å². The number of nitrogens with zero attached hydrogens (tertiary/aromatic N) is 1. The van der Waals surface area contributed by atoms with E-state index < -0.39 is 51.5 Å². The summed E-state index contributed by atoms with van der Waals surface area (Å²) in [7, 11) is -3.99. The summed E-state index contributed by atoms with van der Waals surface area (Å²) in [5.74, 6) is -5.17. The number of carbonyl (C=O) groups is 2. The second-order valence-electron chi connectivity index (χ2n) is 6.41. The number of anilines is 1. The Kier molecular flexibility index (Phi) is 6.93. The standard InChI is InChI=1S/C19H17F3N2O6S/c20-12-1-4-17(16(22)9-12)23-18(25)11-30-19(26)14-10-13(2-3-15(14)21)31(27,28)24-5-7-29-8-6-24/h1-4,9-10H,5-8,11H2,(H,23,25). The molecule has 0 aliphatic carbocycles. The maximum atomic E-state index is 14.1. The Morgan fingerprint density at radius 2 is 1.74 bits per heavy atom. The second kappa shape index (κ2) is 9.45. The highest BCUT2D eigenvalue weighted by Gasteiger charge is 2.28. The highest BCUT2D eigenvalue weighted by atomic mass is 32.2. The Morgan fingerprint density at radius 1 is 1.03 bits per heavy atom. The van der Waals surface area contributed by atoms with Crippen LogP contribution in [0.3, 0.4) is 0 Å². The molecule has 0 saturated carbocycles. The first-order chi connectivity index (χ1) is 14.7. The largest absolute Gasteiger partial charge is 0.452 e. The lowest BCUT2D eigenvalue weighted by molar-refractivity contribution is -0.119. The van der Waals surface area contributed by atoms with Gasteiger partial charge in [0.05, 0.1) is 29.4 Å². The van der Waals surface area contributed by atoms with E-state index in [4.69, 9.17) is 9.47 Å². The Labute approximate surface area is 175 Å². The summed E-state index contributed by atoms with van der Waals surface area (Å²) in [5, 5.41) is 2.07. The fourth-order valence-electron chi connectivity index (χ4n) is 2.74. The molecule has 1 N–H and O–H groups in total. The number of sulfonamides is 1. The molecule has 0 unspecified atom stereocenters. The Bertz CT molecular complexity index is 1100. The fraction of sp³-hybridized carbons (Fsp3) is 0.263. The number of amides is 1. The number of halogens is 3. The number of carbonyl (C=O) groups excluding carboxylic acids is 2. The summed E-state index contributed by atoms with van der Waals surface area (Å²) < 4.78 is 76.8. The van der Waals surface area contributed by atoms with E-state index in [1.165, 1.54) is 0 Å². The molecule has 2 aromatic rings. The first kappa shape index (κ1) is 22.7. The van der Waals surface area contributed by atoms with E-state index in [0.717, 1.165) is 34.6 Å². The van der Waals surface area contributed by atoms with Crippen LogP contribution in [0.2, 0.25) is 0 Å². The van der Waals surface area contributed by atoms with Gasteiger partial charge in [-0.05, 0) is 30.3 Å². The van der Waals surface area contributed by atoms with Crippen molar-refractivity contribution >= 4 is 27.6 Å². The zero-order chi connectivity index (χ0) is 22.6. The minimum atomic E-state index is -3.99. The summed E-state index contributed by atoms with van der Waals surface area (Å²) in [6.45, 7) is -0.271. The lowest BCUT2D eigenvalue weighted by Crippen LogP contribution is -2.40. The van der Waals surface area contributed by atoms with E-state index in [-0.39, 0.29) is 36.9 Å². The van der Waals surface area contributed by atoms with Crippen molar-refractivity contribution in [1.29, 1.82) is 0 Å². The summed E-state index contributed by atoms with van der Waals surface area (Å²) in [5.41, 5.74) is -1.03. The molecule has 1 amide bonds. The molecule has 8 nitrogen and oxygen atoms in total. The molecule has 1 saturated heterocycles. The van der Waals surface area contributed by atoms with E-state index in [2.05, 4.69) is 5.32 Å². The molecule has 0 aromatic heterocycles. The van der Waals surface area contributed by atoms with Crippen LogP contribution in [0.25, 0.3) is 0 Å². The number of ether oxygens (including phenoxy) is 2. The molecule has 1 aliphatic rings. The third-order valence-corrected chi connectivity index (χ3v) is 6.20. The number of hydrogen-bond donors (Lipinski definition) is 1. The normalized spacial score (nSPS) is 14.8. The van der Waals surface area contributed by atoms with Crippen molar-refractivity contribution in [2.24, 2.45) is 0 Å². The van der Waals surface area contributed by atoms with Gasteiger partial charge >= 0.3 is 5.97 Å². The molecular formula is C19H17F3N2O6S. The Balaban J connectivity index is 1.68. The lowest BCUT2D eigenvalue weighted by Gasteiger charge is -2.26. The van der Waals surface area contributed by atoms with Crippen LogP contribution in [-0.4, -0.2) is 57.5 Å². The van der Waals surface area contributed by atoms with E-state index in [0.29, 0.717) is 6.07 Å². The quantitative estimate of drug-likeness (QED) is 0.664. The number of esters is 1. The summed E-state index contributed by atoms with van der Waals surface area (Å²) in [4.78, 5) is 23.7. The van der Waals surface area contributed by atoms with Gasteiger partial charge < -0.3 is 14.8 Å². The molecule has 0 bridgehead atoms. The van der Waals surface area contributed by atoms with Crippen molar-refractivity contribution in [3.63, 3.8) is 0 Å². The fourth-order valence-corrected chi connectivity index (χ4v) is 4.18. The molecule has 0 spiro atoms. The van der Waals surface area contributed by atoms with E-state index in [1.807, 2.05) is 0 Å². The van der Waals surface area contributed by atoms with Crippen LogP contribution in [-0.2, 0) is 24.3 Å². The van der Waals surface area contributed by atoms with Gasteiger partial charge in [0, 0.05) is 19.2 Å². The molecular weight excluding hydrogens is 441 g/mol. The number of hydrogen-bond acceptors (Lipinski definition) is 6. The lowest BCUT2D eigenvalue weighted by atomic mass is 10.2. The number of rotatable bonds is 6. The van der Waals surface area contributed by atoms with Crippen LogP contribution in [0.15, 0.2) is 41.3 Å². The first-order valence-electron chi connectivity index (χ1n) is 8.98. The monoisotopic (exact) mass is 458 g/mol. The van der Waals surface area contributed by atoms with Crippen LogP contribution in [0.4, 0.5) is 18.9 Å². The van der Waals surface area contributed by atoms with Crippen LogP contribution in [0.5, 0.6) is 0 Å². The second-order valence-corrected chi connectivity index (χ2v) is 8.34. The Morgan fingerprint density at radius 3 is 2.42 bits per heavy atom.